The molecule has 0 aliphatic rings. The van der Waals surface area contributed by atoms with E-state index in [-0.39, 0.29) is 17.2 Å². The van der Waals surface area contributed by atoms with Crippen molar-refractivity contribution in [1.29, 1.82) is 0 Å². The molecular weight excluding hydrogens is 192 g/mol. The van der Waals surface area contributed by atoms with Crippen LogP contribution in [0.4, 0.5) is 0 Å². The third-order valence-electron chi connectivity index (χ3n) is 2.51. The summed E-state index contributed by atoms with van der Waals surface area (Å²) in [5.74, 6) is 0.155. The number of nitrogens with one attached hydrogen (secondary N) is 2. The smallest absolute Gasteiger partial charge is 0.233 e. The molecule has 0 radical (unpaired) electrons. The van der Waals surface area contributed by atoms with Crippen LogP contribution in [0.2, 0.25) is 0 Å². The Labute approximate surface area is 92.4 Å². The maximum Gasteiger partial charge on any atom is 0.233 e. The van der Waals surface area contributed by atoms with Crippen molar-refractivity contribution in [3.8, 4) is 0 Å². The van der Waals surface area contributed by atoms with Crippen molar-refractivity contribution in [3.05, 3.63) is 0 Å². The zero-order valence-corrected chi connectivity index (χ0v) is 10.4. The second kappa shape index (κ2) is 6.08. The monoisotopic (exact) mass is 216 g/mol. The Bertz CT molecular complexity index is 203. The van der Waals surface area contributed by atoms with Crippen molar-refractivity contribution in [2.24, 2.45) is 11.3 Å². The van der Waals surface area contributed by atoms with Crippen LogP contribution >= 0.6 is 0 Å². The van der Waals surface area contributed by atoms with Crippen molar-refractivity contribution < 1.29 is 9.90 Å². The van der Waals surface area contributed by atoms with E-state index in [9.17, 15) is 9.90 Å². The molecule has 0 saturated carbocycles. The summed E-state index contributed by atoms with van der Waals surface area (Å²) in [5, 5.41) is 15.5. The van der Waals surface area contributed by atoms with Crippen LogP contribution in [0.1, 0.15) is 27.7 Å². The van der Waals surface area contributed by atoms with E-state index in [0.29, 0.717) is 13.1 Å². The molecule has 4 heteroatoms. The topological polar surface area (TPSA) is 61.4 Å². The highest BCUT2D eigenvalue weighted by molar-refractivity contribution is 5.77. The Balaban J connectivity index is 4.09. The average Bonchev–Trinajstić information content (AvgIpc) is 2.14. The van der Waals surface area contributed by atoms with E-state index in [1.54, 1.807) is 7.05 Å². The maximum atomic E-state index is 11.2. The number of carbonyl (C=O) groups excluding carboxylic acids is 1. The highest BCUT2D eigenvalue weighted by Gasteiger charge is 2.30. The molecule has 0 aromatic carbocycles. The highest BCUT2D eigenvalue weighted by atomic mass is 16.3. The van der Waals surface area contributed by atoms with Crippen molar-refractivity contribution in [1.82, 2.24) is 10.6 Å². The van der Waals surface area contributed by atoms with Gasteiger partial charge in [0, 0.05) is 12.0 Å². The molecule has 1 amide bonds. The molecule has 90 valence electrons. The van der Waals surface area contributed by atoms with Crippen molar-refractivity contribution in [3.63, 3.8) is 0 Å². The Morgan fingerprint density at radius 3 is 2.33 bits per heavy atom. The molecule has 4 nitrogen and oxygen atoms in total. The van der Waals surface area contributed by atoms with E-state index in [0.717, 1.165) is 0 Å². The van der Waals surface area contributed by atoms with Gasteiger partial charge in [-0.05, 0) is 13.0 Å². The third kappa shape index (κ3) is 5.14. The van der Waals surface area contributed by atoms with E-state index < -0.39 is 6.10 Å². The van der Waals surface area contributed by atoms with Crippen LogP contribution in [0.3, 0.4) is 0 Å². The van der Waals surface area contributed by atoms with Crippen LogP contribution < -0.4 is 10.6 Å². The molecule has 0 heterocycles. The largest absolute Gasteiger partial charge is 0.392 e. The van der Waals surface area contributed by atoms with Crippen LogP contribution in [0.15, 0.2) is 0 Å². The average molecular weight is 216 g/mol. The van der Waals surface area contributed by atoms with Crippen LogP contribution in [0, 0.1) is 11.3 Å². The molecule has 0 spiro atoms. The fourth-order valence-electron chi connectivity index (χ4n) is 1.56. The van der Waals surface area contributed by atoms with E-state index in [4.69, 9.17) is 0 Å². The van der Waals surface area contributed by atoms with Gasteiger partial charge in [-0.15, -0.1) is 0 Å². The van der Waals surface area contributed by atoms with Gasteiger partial charge in [-0.1, -0.05) is 27.7 Å². The minimum Gasteiger partial charge on any atom is -0.392 e. The van der Waals surface area contributed by atoms with Crippen LogP contribution in [-0.2, 0) is 4.79 Å². The van der Waals surface area contributed by atoms with Crippen molar-refractivity contribution in [2.45, 2.75) is 33.8 Å². The van der Waals surface area contributed by atoms with Gasteiger partial charge in [-0.25, -0.2) is 0 Å². The van der Waals surface area contributed by atoms with Crippen molar-refractivity contribution >= 4 is 5.91 Å². The summed E-state index contributed by atoms with van der Waals surface area (Å²) >= 11 is 0. The zero-order chi connectivity index (χ0) is 12.1. The molecule has 0 bridgehead atoms. The molecule has 1 unspecified atom stereocenters. The lowest BCUT2D eigenvalue weighted by atomic mass is 9.81. The molecule has 0 fully saturated rings. The quantitative estimate of drug-likeness (QED) is 0.601. The summed E-state index contributed by atoms with van der Waals surface area (Å²) in [5.41, 5.74) is -0.294. The molecule has 0 aliphatic carbocycles. The Hall–Kier alpha value is -0.610. The van der Waals surface area contributed by atoms with E-state index in [2.05, 4.69) is 10.6 Å². The first-order valence-corrected chi connectivity index (χ1v) is 5.40. The summed E-state index contributed by atoms with van der Waals surface area (Å²) in [4.78, 5) is 11.2. The number of hydrogen-bond acceptors (Lipinski definition) is 3. The Kier molecular flexibility index (Phi) is 5.83. The van der Waals surface area contributed by atoms with Gasteiger partial charge >= 0.3 is 0 Å². The molecule has 3 N–H and O–H groups in total. The lowest BCUT2D eigenvalue weighted by Gasteiger charge is -2.33. The second-order valence-electron chi connectivity index (χ2n) is 4.98. The van der Waals surface area contributed by atoms with Gasteiger partial charge in [0.2, 0.25) is 5.91 Å². The Morgan fingerprint density at radius 1 is 1.40 bits per heavy atom. The second-order valence-corrected chi connectivity index (χ2v) is 4.98. The summed E-state index contributed by atoms with van der Waals surface area (Å²) in [6.07, 6.45) is -0.410. The lowest BCUT2D eigenvalue weighted by Crippen LogP contribution is -2.45. The molecule has 1 atom stereocenters. The first kappa shape index (κ1) is 14.4. The van der Waals surface area contributed by atoms with Gasteiger partial charge in [0.05, 0.1) is 12.6 Å². The summed E-state index contributed by atoms with van der Waals surface area (Å²) < 4.78 is 0. The third-order valence-corrected chi connectivity index (χ3v) is 2.51. The van der Waals surface area contributed by atoms with Gasteiger partial charge < -0.3 is 15.7 Å². The van der Waals surface area contributed by atoms with Gasteiger partial charge in [0.1, 0.15) is 0 Å². The minimum atomic E-state index is -0.410. The first-order valence-electron chi connectivity index (χ1n) is 5.40. The van der Waals surface area contributed by atoms with E-state index >= 15 is 0 Å². The molecule has 0 aromatic rings. The normalized spacial score (nSPS) is 14.1. The fraction of sp³-hybridized carbons (Fsp3) is 0.909. The predicted molar refractivity (Wildman–Crippen MR) is 61.6 cm³/mol. The van der Waals surface area contributed by atoms with Crippen LogP contribution in [0.25, 0.3) is 0 Å². The molecular formula is C11H24N2O2. The van der Waals surface area contributed by atoms with E-state index in [1.165, 1.54) is 0 Å². The summed E-state index contributed by atoms with van der Waals surface area (Å²) in [6.45, 7) is 8.67. The number of carbonyl (C=O) groups is 1. The van der Waals surface area contributed by atoms with Gasteiger partial charge in [0.25, 0.3) is 0 Å². The fourth-order valence-corrected chi connectivity index (χ4v) is 1.56. The maximum absolute atomic E-state index is 11.2. The van der Waals surface area contributed by atoms with Gasteiger partial charge in [-0.3, -0.25) is 4.79 Å². The van der Waals surface area contributed by atoms with Crippen LogP contribution in [-0.4, -0.2) is 37.3 Å². The molecule has 15 heavy (non-hydrogen) atoms. The lowest BCUT2D eigenvalue weighted by molar-refractivity contribution is -0.121. The first-order chi connectivity index (χ1) is 6.81. The number of likely N-dealkylation sites (N-methyl/N-ethyl adjacent to an activating group) is 1. The number of rotatable bonds is 6. The number of hydrogen-bond donors (Lipinski definition) is 3. The van der Waals surface area contributed by atoms with Gasteiger partial charge in [-0.2, -0.15) is 0 Å². The summed E-state index contributed by atoms with van der Waals surface area (Å²) in [7, 11) is 1.73. The minimum absolute atomic E-state index is 0.0402. The highest BCUT2D eigenvalue weighted by Crippen LogP contribution is 2.24. The summed E-state index contributed by atoms with van der Waals surface area (Å²) in [6, 6.07) is 0. The predicted octanol–water partition coefficient (Wildman–Crippen LogP) is 0.365. The molecule has 0 aromatic heterocycles. The standard InChI is InChI=1S/C11H24N2O2/c1-8(2)10(15)11(3,4)7-13-9(14)6-12-5/h8,10,12,15H,6-7H2,1-5H3,(H,13,14). The number of amides is 1. The zero-order valence-electron chi connectivity index (χ0n) is 10.4. The van der Waals surface area contributed by atoms with Crippen LogP contribution in [0.5, 0.6) is 0 Å². The van der Waals surface area contributed by atoms with E-state index in [1.807, 2.05) is 27.7 Å². The molecule has 0 rings (SSSR count). The molecule has 0 aliphatic heterocycles. The molecule has 0 saturated heterocycles. The van der Waals surface area contributed by atoms with Gasteiger partial charge in [0.15, 0.2) is 0 Å². The Morgan fingerprint density at radius 2 is 1.93 bits per heavy atom. The number of aliphatic hydroxyl groups excluding tert-OH is 1. The van der Waals surface area contributed by atoms with Crippen molar-refractivity contribution in [2.75, 3.05) is 20.1 Å². The number of aliphatic hydroxyl groups is 1. The SMILES string of the molecule is CNCC(=O)NCC(C)(C)C(O)C(C)C.